The Kier molecular flexibility index (Phi) is 6.45. The second-order valence-electron chi connectivity index (χ2n) is 7.57. The molecule has 3 heterocycles. The van der Waals surface area contributed by atoms with E-state index < -0.39 is 10.0 Å². The number of sulfonamides is 1. The third kappa shape index (κ3) is 4.54. The summed E-state index contributed by atoms with van der Waals surface area (Å²) in [4.78, 5) is 14.8. The van der Waals surface area contributed by atoms with Crippen LogP contribution >= 0.6 is 0 Å². The number of aromatic nitrogens is 1. The van der Waals surface area contributed by atoms with Gasteiger partial charge in [0.2, 0.25) is 15.9 Å². The van der Waals surface area contributed by atoms with Crippen LogP contribution < -0.4 is 5.32 Å². The molecule has 2 aromatic rings. The number of carbonyl (C=O) groups excluding carboxylic acids is 1. The third-order valence-corrected chi connectivity index (χ3v) is 7.50. The fraction of sp³-hybridized carbons (Fsp3) is 0.579. The standard InChI is InChI=1S/C19H28N4O5S/c1-13-18(14(2)28-21-13)29(25,26)23-9-7-15(8-10-23)19(24)20-12-16(22(3)4)17-6-5-11-27-17/h5-6,11,15-16H,7-10,12H2,1-4H3,(H,20,24). The van der Waals surface area contributed by atoms with E-state index in [1.807, 2.05) is 31.1 Å². The van der Waals surface area contributed by atoms with Crippen LogP contribution in [0.3, 0.4) is 0 Å². The molecule has 1 unspecified atom stereocenters. The van der Waals surface area contributed by atoms with Crippen molar-refractivity contribution in [3.63, 3.8) is 0 Å². The Balaban J connectivity index is 1.57. The number of nitrogens with zero attached hydrogens (tertiary/aromatic N) is 3. The van der Waals surface area contributed by atoms with Gasteiger partial charge in [-0.25, -0.2) is 8.42 Å². The number of hydrogen-bond acceptors (Lipinski definition) is 7. The number of nitrogens with one attached hydrogen (secondary N) is 1. The average Bonchev–Trinajstić information content (AvgIpc) is 3.31. The van der Waals surface area contributed by atoms with Gasteiger partial charge >= 0.3 is 0 Å². The quantitative estimate of drug-likeness (QED) is 0.720. The maximum atomic E-state index is 12.9. The molecule has 0 aromatic carbocycles. The molecule has 1 N–H and O–H groups in total. The highest BCUT2D eigenvalue weighted by atomic mass is 32.2. The van der Waals surface area contributed by atoms with Crippen molar-refractivity contribution in [3.8, 4) is 0 Å². The monoisotopic (exact) mass is 424 g/mol. The molecule has 160 valence electrons. The van der Waals surface area contributed by atoms with Crippen molar-refractivity contribution >= 4 is 15.9 Å². The Bertz CT molecular complexity index is 908. The Morgan fingerprint density at radius 3 is 2.55 bits per heavy atom. The SMILES string of the molecule is Cc1noc(C)c1S(=O)(=O)N1CCC(C(=O)NCC(c2ccco2)N(C)C)CC1. The largest absolute Gasteiger partial charge is 0.468 e. The molecule has 0 saturated carbocycles. The van der Waals surface area contributed by atoms with E-state index in [2.05, 4.69) is 10.5 Å². The fourth-order valence-corrected chi connectivity index (χ4v) is 5.45. The Morgan fingerprint density at radius 1 is 1.34 bits per heavy atom. The lowest BCUT2D eigenvalue weighted by Gasteiger charge is -2.31. The summed E-state index contributed by atoms with van der Waals surface area (Å²) in [7, 11) is 0.186. The van der Waals surface area contributed by atoms with Crippen LogP contribution in [0, 0.1) is 19.8 Å². The van der Waals surface area contributed by atoms with E-state index in [-0.39, 0.29) is 28.5 Å². The molecular formula is C19H28N4O5S. The summed E-state index contributed by atoms with van der Waals surface area (Å²) in [6.45, 7) is 4.22. The molecule has 0 bridgehead atoms. The van der Waals surface area contributed by atoms with Crippen LogP contribution in [-0.2, 0) is 14.8 Å². The van der Waals surface area contributed by atoms with Gasteiger partial charge < -0.3 is 14.3 Å². The summed E-state index contributed by atoms with van der Waals surface area (Å²) in [5, 5.41) is 6.73. The third-order valence-electron chi connectivity index (χ3n) is 5.36. The fourth-order valence-electron chi connectivity index (χ4n) is 3.69. The molecule has 3 rings (SSSR count). The van der Waals surface area contributed by atoms with Crippen molar-refractivity contribution in [3.05, 3.63) is 35.6 Å². The molecule has 1 aliphatic heterocycles. The molecule has 0 spiro atoms. The Labute approximate surface area is 171 Å². The first kappa shape index (κ1) is 21.5. The molecule has 1 fully saturated rings. The molecule has 1 atom stereocenters. The molecule has 2 aromatic heterocycles. The van der Waals surface area contributed by atoms with Crippen molar-refractivity contribution in [2.45, 2.75) is 37.6 Å². The number of rotatable bonds is 7. The molecule has 9 nitrogen and oxygen atoms in total. The first-order chi connectivity index (χ1) is 13.7. The lowest BCUT2D eigenvalue weighted by molar-refractivity contribution is -0.126. The molecule has 10 heteroatoms. The molecular weight excluding hydrogens is 396 g/mol. The summed E-state index contributed by atoms with van der Waals surface area (Å²) in [6.07, 6.45) is 2.56. The highest BCUT2D eigenvalue weighted by Gasteiger charge is 2.35. The summed E-state index contributed by atoms with van der Waals surface area (Å²) in [6, 6.07) is 3.64. The van der Waals surface area contributed by atoms with Crippen LogP contribution in [0.5, 0.6) is 0 Å². The normalized spacial score (nSPS) is 17.6. The van der Waals surface area contributed by atoms with Gasteiger partial charge in [-0.1, -0.05) is 5.16 Å². The highest BCUT2D eigenvalue weighted by molar-refractivity contribution is 7.89. The van der Waals surface area contributed by atoms with Gasteiger partial charge in [-0.15, -0.1) is 0 Å². The molecule has 0 radical (unpaired) electrons. The predicted octanol–water partition coefficient (Wildman–Crippen LogP) is 1.70. The number of hydrogen-bond donors (Lipinski definition) is 1. The zero-order valence-electron chi connectivity index (χ0n) is 17.2. The predicted molar refractivity (Wildman–Crippen MR) is 106 cm³/mol. The summed E-state index contributed by atoms with van der Waals surface area (Å²) >= 11 is 0. The number of amides is 1. The van der Waals surface area contributed by atoms with Crippen LogP contribution in [-0.4, -0.2) is 62.4 Å². The van der Waals surface area contributed by atoms with E-state index in [0.29, 0.717) is 38.2 Å². The van der Waals surface area contributed by atoms with Crippen LogP contribution in [0.15, 0.2) is 32.2 Å². The van der Waals surface area contributed by atoms with E-state index in [1.54, 1.807) is 20.1 Å². The van der Waals surface area contributed by atoms with E-state index in [0.717, 1.165) is 5.76 Å². The van der Waals surface area contributed by atoms with Crippen molar-refractivity contribution in [2.24, 2.45) is 5.92 Å². The number of furan rings is 1. The number of carbonyl (C=O) groups is 1. The second-order valence-corrected chi connectivity index (χ2v) is 9.45. The van der Waals surface area contributed by atoms with Gasteiger partial charge in [0.1, 0.15) is 16.3 Å². The minimum atomic E-state index is -3.67. The second kappa shape index (κ2) is 8.68. The van der Waals surface area contributed by atoms with Gasteiger partial charge in [0.25, 0.3) is 0 Å². The molecule has 1 amide bonds. The Morgan fingerprint density at radius 2 is 2.03 bits per heavy atom. The number of aryl methyl sites for hydroxylation is 2. The topological polar surface area (TPSA) is 109 Å². The van der Waals surface area contributed by atoms with Gasteiger partial charge in [-0.05, 0) is 52.9 Å². The van der Waals surface area contributed by atoms with E-state index >= 15 is 0 Å². The highest BCUT2D eigenvalue weighted by Crippen LogP contribution is 2.28. The minimum Gasteiger partial charge on any atom is -0.468 e. The maximum Gasteiger partial charge on any atom is 0.248 e. The molecule has 1 saturated heterocycles. The van der Waals surface area contributed by atoms with Crippen molar-refractivity contribution in [1.82, 2.24) is 19.7 Å². The smallest absolute Gasteiger partial charge is 0.248 e. The summed E-state index contributed by atoms with van der Waals surface area (Å²) in [5.41, 5.74) is 0.356. The average molecular weight is 425 g/mol. The van der Waals surface area contributed by atoms with Gasteiger partial charge in [0, 0.05) is 25.6 Å². The van der Waals surface area contributed by atoms with Gasteiger partial charge in [-0.2, -0.15) is 4.31 Å². The first-order valence-electron chi connectivity index (χ1n) is 9.62. The van der Waals surface area contributed by atoms with Gasteiger partial charge in [-0.3, -0.25) is 9.69 Å². The molecule has 1 aliphatic rings. The maximum absolute atomic E-state index is 12.9. The van der Waals surface area contributed by atoms with Crippen LogP contribution in [0.25, 0.3) is 0 Å². The van der Waals surface area contributed by atoms with Crippen molar-refractivity contribution in [2.75, 3.05) is 33.7 Å². The van der Waals surface area contributed by atoms with Crippen LogP contribution in [0.4, 0.5) is 0 Å². The number of piperidine rings is 1. The lowest BCUT2D eigenvalue weighted by atomic mass is 9.97. The van der Waals surface area contributed by atoms with E-state index in [9.17, 15) is 13.2 Å². The van der Waals surface area contributed by atoms with E-state index in [1.165, 1.54) is 4.31 Å². The van der Waals surface area contributed by atoms with Gasteiger partial charge in [0.05, 0.1) is 12.3 Å². The zero-order valence-corrected chi connectivity index (χ0v) is 18.0. The zero-order chi connectivity index (χ0) is 21.2. The molecule has 29 heavy (non-hydrogen) atoms. The van der Waals surface area contributed by atoms with Crippen molar-refractivity contribution < 1.29 is 22.2 Å². The lowest BCUT2D eigenvalue weighted by Crippen LogP contribution is -2.44. The van der Waals surface area contributed by atoms with Gasteiger partial charge in [0.15, 0.2) is 5.76 Å². The van der Waals surface area contributed by atoms with Crippen molar-refractivity contribution in [1.29, 1.82) is 0 Å². The van der Waals surface area contributed by atoms with E-state index in [4.69, 9.17) is 8.94 Å². The van der Waals surface area contributed by atoms with Crippen LogP contribution in [0.1, 0.15) is 36.1 Å². The first-order valence-corrected chi connectivity index (χ1v) is 11.1. The van der Waals surface area contributed by atoms with Crippen LogP contribution in [0.2, 0.25) is 0 Å². The minimum absolute atomic E-state index is 0.0576. The Hall–Kier alpha value is -2.17. The number of likely N-dealkylation sites (N-methyl/N-ethyl adjacent to an activating group) is 1. The summed E-state index contributed by atoms with van der Waals surface area (Å²) in [5.74, 6) is 0.800. The summed E-state index contributed by atoms with van der Waals surface area (Å²) < 4.78 is 37.7. The molecule has 0 aliphatic carbocycles.